The number of phenols is 1. The second-order valence-electron chi connectivity index (χ2n) is 8.26. The summed E-state index contributed by atoms with van der Waals surface area (Å²) in [7, 11) is 1.35. The van der Waals surface area contributed by atoms with Gasteiger partial charge in [0.05, 0.1) is 3.57 Å². The van der Waals surface area contributed by atoms with Crippen LogP contribution in [0.2, 0.25) is 0 Å². The van der Waals surface area contributed by atoms with E-state index in [-0.39, 0.29) is 18.8 Å². The molecule has 0 aliphatic carbocycles. The minimum absolute atomic E-state index is 0.0376. The number of ether oxygens (including phenoxy) is 2. The molecule has 10 heteroatoms. The third kappa shape index (κ3) is 9.16. The normalized spacial score (nSPS) is 11.8. The average Bonchev–Trinajstić information content (AvgIpc) is 2.73. The fourth-order valence-corrected chi connectivity index (χ4v) is 3.23. The van der Waals surface area contributed by atoms with Gasteiger partial charge < -0.3 is 19.9 Å². The molecule has 2 rings (SSSR count). The highest BCUT2D eigenvalue weighted by Crippen LogP contribution is 2.21. The van der Waals surface area contributed by atoms with Gasteiger partial charge in [0.1, 0.15) is 24.0 Å². The second kappa shape index (κ2) is 11.7. The van der Waals surface area contributed by atoms with Gasteiger partial charge in [0.25, 0.3) is 5.91 Å². The first-order valence-electron chi connectivity index (χ1n) is 10.2. The Bertz CT molecular complexity index is 978. The molecule has 0 saturated carbocycles. The van der Waals surface area contributed by atoms with Gasteiger partial charge in [-0.05, 0) is 66.6 Å². The van der Waals surface area contributed by atoms with Crippen LogP contribution in [-0.2, 0) is 27.3 Å². The molecule has 0 heterocycles. The Kier molecular flexibility index (Phi) is 9.32. The topological polar surface area (TPSA) is 117 Å². The molecule has 0 fully saturated rings. The van der Waals surface area contributed by atoms with E-state index in [9.17, 15) is 19.5 Å². The molecule has 2 aromatic rings. The number of hydrazine groups is 1. The van der Waals surface area contributed by atoms with Gasteiger partial charge >= 0.3 is 12.2 Å². The van der Waals surface area contributed by atoms with Crippen molar-refractivity contribution in [2.45, 2.75) is 45.4 Å². The van der Waals surface area contributed by atoms with Gasteiger partial charge in [-0.3, -0.25) is 10.2 Å². The number of alkyl carbamates (subject to hydrolysis) is 1. The maximum absolute atomic E-state index is 12.9. The number of rotatable bonds is 6. The molecule has 0 bridgehead atoms. The fourth-order valence-electron chi connectivity index (χ4n) is 2.65. The van der Waals surface area contributed by atoms with Crippen molar-refractivity contribution >= 4 is 40.7 Å². The first kappa shape index (κ1) is 26.2. The molecule has 1 atom stereocenters. The molecule has 33 heavy (non-hydrogen) atoms. The molecule has 0 aliphatic heterocycles. The van der Waals surface area contributed by atoms with Crippen molar-refractivity contribution in [2.75, 3.05) is 7.05 Å². The van der Waals surface area contributed by atoms with Crippen LogP contribution in [0.4, 0.5) is 9.59 Å². The first-order chi connectivity index (χ1) is 15.4. The third-order valence-electron chi connectivity index (χ3n) is 4.22. The molecule has 0 aliphatic rings. The van der Waals surface area contributed by atoms with Crippen LogP contribution in [-0.4, -0.2) is 46.9 Å². The highest BCUT2D eigenvalue weighted by molar-refractivity contribution is 14.1. The summed E-state index contributed by atoms with van der Waals surface area (Å²) in [6.45, 7) is 5.16. The number of hydrogen-bond donors (Lipinski definition) is 3. The molecule has 9 nitrogen and oxygen atoms in total. The Balaban J connectivity index is 2.09. The van der Waals surface area contributed by atoms with Gasteiger partial charge in [-0.15, -0.1) is 0 Å². The van der Waals surface area contributed by atoms with E-state index < -0.39 is 29.7 Å². The number of halogens is 1. The van der Waals surface area contributed by atoms with Gasteiger partial charge in [-0.25, -0.2) is 14.6 Å². The number of hydrogen-bond acceptors (Lipinski definition) is 6. The lowest BCUT2D eigenvalue weighted by atomic mass is 10.1. The Morgan fingerprint density at radius 1 is 1.09 bits per heavy atom. The number of aromatic hydroxyl groups is 1. The van der Waals surface area contributed by atoms with Crippen molar-refractivity contribution in [3.63, 3.8) is 0 Å². The number of benzene rings is 2. The van der Waals surface area contributed by atoms with Gasteiger partial charge in [-0.1, -0.05) is 36.4 Å². The first-order valence-corrected chi connectivity index (χ1v) is 11.2. The monoisotopic (exact) mass is 569 g/mol. The van der Waals surface area contributed by atoms with Crippen LogP contribution in [0.5, 0.6) is 5.75 Å². The predicted molar refractivity (Wildman–Crippen MR) is 130 cm³/mol. The van der Waals surface area contributed by atoms with Crippen molar-refractivity contribution in [3.05, 3.63) is 63.2 Å². The summed E-state index contributed by atoms with van der Waals surface area (Å²) in [5.74, 6) is -0.525. The summed E-state index contributed by atoms with van der Waals surface area (Å²) in [6, 6.07) is 12.9. The summed E-state index contributed by atoms with van der Waals surface area (Å²) in [4.78, 5) is 37.5. The number of carbonyl (C=O) groups excluding carboxylic acids is 3. The molecule has 0 aromatic heterocycles. The molecule has 0 radical (unpaired) electrons. The molecule has 0 unspecified atom stereocenters. The summed E-state index contributed by atoms with van der Waals surface area (Å²) in [6.07, 6.45) is -1.43. The molecule has 2 aromatic carbocycles. The van der Waals surface area contributed by atoms with Crippen LogP contribution in [0, 0.1) is 3.57 Å². The Hall–Kier alpha value is -3.02. The van der Waals surface area contributed by atoms with E-state index in [1.165, 1.54) is 13.1 Å². The van der Waals surface area contributed by atoms with E-state index >= 15 is 0 Å². The number of nitrogens with zero attached hydrogens (tertiary/aromatic N) is 1. The zero-order valence-corrected chi connectivity index (χ0v) is 21.1. The average molecular weight is 569 g/mol. The van der Waals surface area contributed by atoms with Crippen LogP contribution in [0.1, 0.15) is 31.9 Å². The molecule has 3 N–H and O–H groups in total. The number of nitrogens with one attached hydrogen (secondary N) is 2. The lowest BCUT2D eigenvalue weighted by Gasteiger charge is -2.26. The molecule has 3 amide bonds. The third-order valence-corrected chi connectivity index (χ3v) is 5.08. The van der Waals surface area contributed by atoms with Crippen molar-refractivity contribution in [2.24, 2.45) is 0 Å². The SMILES string of the molecule is CN(NC(=O)[C@H](Cc1ccc(O)c(I)c1)NC(=O)OCc1ccccc1)C(=O)OC(C)(C)C. The predicted octanol–water partition coefficient (Wildman–Crippen LogP) is 3.73. The van der Waals surface area contributed by atoms with Gasteiger partial charge in [-0.2, -0.15) is 0 Å². The molecular weight excluding hydrogens is 541 g/mol. The van der Waals surface area contributed by atoms with Crippen molar-refractivity contribution in [1.29, 1.82) is 0 Å². The second-order valence-corrected chi connectivity index (χ2v) is 9.43. The highest BCUT2D eigenvalue weighted by Gasteiger charge is 2.26. The van der Waals surface area contributed by atoms with E-state index in [1.807, 2.05) is 52.9 Å². The quantitative estimate of drug-likeness (QED) is 0.361. The lowest BCUT2D eigenvalue weighted by molar-refractivity contribution is -0.127. The van der Waals surface area contributed by atoms with Crippen molar-refractivity contribution < 1.29 is 29.0 Å². The number of phenolic OH excluding ortho intramolecular Hbond substituents is 1. The lowest BCUT2D eigenvalue weighted by Crippen LogP contribution is -2.54. The van der Waals surface area contributed by atoms with Crippen molar-refractivity contribution in [1.82, 2.24) is 15.8 Å². The highest BCUT2D eigenvalue weighted by atomic mass is 127. The van der Waals surface area contributed by atoms with Crippen LogP contribution < -0.4 is 10.7 Å². The zero-order valence-electron chi connectivity index (χ0n) is 18.9. The molecular formula is C23H28IN3O6. The Labute approximate surface area is 206 Å². The minimum atomic E-state index is -1.06. The summed E-state index contributed by atoms with van der Waals surface area (Å²) in [5.41, 5.74) is 3.18. The molecule has 0 spiro atoms. The maximum atomic E-state index is 12.9. The minimum Gasteiger partial charge on any atom is -0.507 e. The summed E-state index contributed by atoms with van der Waals surface area (Å²) < 4.78 is 11.1. The van der Waals surface area contributed by atoms with E-state index in [2.05, 4.69) is 10.7 Å². The maximum Gasteiger partial charge on any atom is 0.428 e. The van der Waals surface area contributed by atoms with Crippen LogP contribution in [0.15, 0.2) is 48.5 Å². The molecule has 0 saturated heterocycles. The fraction of sp³-hybridized carbons (Fsp3) is 0.348. The Morgan fingerprint density at radius 3 is 2.36 bits per heavy atom. The largest absolute Gasteiger partial charge is 0.507 e. The Morgan fingerprint density at radius 2 is 1.76 bits per heavy atom. The molecule has 178 valence electrons. The van der Waals surface area contributed by atoms with Crippen LogP contribution in [0.25, 0.3) is 0 Å². The number of carbonyl (C=O) groups is 3. The smallest absolute Gasteiger partial charge is 0.428 e. The van der Waals surface area contributed by atoms with E-state index in [4.69, 9.17) is 9.47 Å². The van der Waals surface area contributed by atoms with E-state index in [0.29, 0.717) is 9.13 Å². The van der Waals surface area contributed by atoms with Crippen molar-refractivity contribution in [3.8, 4) is 5.75 Å². The summed E-state index contributed by atoms with van der Waals surface area (Å²) >= 11 is 1.97. The summed E-state index contributed by atoms with van der Waals surface area (Å²) in [5, 5.41) is 13.2. The standard InChI is InChI=1S/C23H28IN3O6/c1-23(2,3)33-22(31)27(4)26-20(29)18(13-16-10-11-19(28)17(24)12-16)25-21(30)32-14-15-8-6-5-7-9-15/h5-12,18,28H,13-14H2,1-4H3,(H,25,30)(H,26,29)/t18-/m0/s1. The van der Waals surface area contributed by atoms with Gasteiger partial charge in [0.2, 0.25) is 0 Å². The number of amides is 3. The van der Waals surface area contributed by atoms with E-state index in [0.717, 1.165) is 10.6 Å². The van der Waals surface area contributed by atoms with E-state index in [1.54, 1.807) is 32.9 Å². The zero-order chi connectivity index (χ0) is 24.6. The van der Waals surface area contributed by atoms with Crippen LogP contribution >= 0.6 is 22.6 Å². The van der Waals surface area contributed by atoms with Gasteiger partial charge in [0.15, 0.2) is 0 Å². The van der Waals surface area contributed by atoms with Crippen LogP contribution in [0.3, 0.4) is 0 Å². The van der Waals surface area contributed by atoms with Gasteiger partial charge in [0, 0.05) is 13.5 Å².